The van der Waals surface area contributed by atoms with Gasteiger partial charge < -0.3 is 15.2 Å². The summed E-state index contributed by atoms with van der Waals surface area (Å²) in [7, 11) is 0. The van der Waals surface area contributed by atoms with Crippen LogP contribution in [0, 0.1) is 11.7 Å². The van der Waals surface area contributed by atoms with Gasteiger partial charge in [-0.05, 0) is 62.1 Å². The van der Waals surface area contributed by atoms with Crippen LogP contribution in [-0.4, -0.2) is 30.5 Å². The molecule has 2 fully saturated rings. The van der Waals surface area contributed by atoms with E-state index < -0.39 is 5.60 Å². The van der Waals surface area contributed by atoms with E-state index in [1.165, 1.54) is 6.07 Å². The van der Waals surface area contributed by atoms with Crippen molar-refractivity contribution in [3.05, 3.63) is 35.6 Å². The van der Waals surface area contributed by atoms with Gasteiger partial charge in [-0.3, -0.25) is 0 Å². The summed E-state index contributed by atoms with van der Waals surface area (Å²) in [5, 5.41) is 14.5. The first-order valence-corrected chi connectivity index (χ1v) is 8.83. The van der Waals surface area contributed by atoms with E-state index in [-0.39, 0.29) is 11.4 Å². The monoisotopic (exact) mass is 321 g/mol. The molecule has 2 aliphatic rings. The molecule has 0 bridgehead atoms. The molecule has 1 heterocycles. The van der Waals surface area contributed by atoms with Gasteiger partial charge in [-0.25, -0.2) is 4.39 Å². The van der Waals surface area contributed by atoms with E-state index in [0.29, 0.717) is 25.7 Å². The molecule has 1 aliphatic heterocycles. The maximum atomic E-state index is 13.7. The molecule has 1 saturated carbocycles. The molecule has 0 radical (unpaired) electrons. The number of benzene rings is 1. The summed E-state index contributed by atoms with van der Waals surface area (Å²) >= 11 is 0. The molecule has 3 nitrogen and oxygen atoms in total. The highest BCUT2D eigenvalue weighted by Gasteiger charge is 2.38. The zero-order chi connectivity index (χ0) is 16.3. The predicted molar refractivity (Wildman–Crippen MR) is 88.7 cm³/mol. The van der Waals surface area contributed by atoms with Crippen LogP contribution >= 0.6 is 0 Å². The van der Waals surface area contributed by atoms with Gasteiger partial charge in [0.1, 0.15) is 5.82 Å². The van der Waals surface area contributed by atoms with E-state index in [2.05, 4.69) is 12.2 Å². The van der Waals surface area contributed by atoms with Crippen molar-refractivity contribution in [3.8, 4) is 0 Å². The molecule has 1 aromatic carbocycles. The Morgan fingerprint density at radius 3 is 2.57 bits per heavy atom. The van der Waals surface area contributed by atoms with Crippen LogP contribution in [-0.2, 0) is 10.3 Å². The minimum atomic E-state index is -0.634. The average molecular weight is 321 g/mol. The zero-order valence-electron chi connectivity index (χ0n) is 14.0. The summed E-state index contributed by atoms with van der Waals surface area (Å²) in [5.74, 6) is 0.496. The molecule has 0 aromatic heterocycles. The third-order valence-electron chi connectivity index (χ3n) is 5.68. The van der Waals surface area contributed by atoms with Crippen molar-refractivity contribution in [2.24, 2.45) is 5.92 Å². The van der Waals surface area contributed by atoms with Gasteiger partial charge in [0.2, 0.25) is 0 Å². The molecule has 0 amide bonds. The lowest BCUT2D eigenvalue weighted by Crippen LogP contribution is -2.53. The highest BCUT2D eigenvalue weighted by atomic mass is 19.1. The molecule has 1 aromatic rings. The number of hydrogen-bond acceptors (Lipinski definition) is 3. The maximum Gasteiger partial charge on any atom is 0.123 e. The third-order valence-corrected chi connectivity index (χ3v) is 5.68. The molecule has 128 valence electrons. The van der Waals surface area contributed by atoms with Gasteiger partial charge in [-0.1, -0.05) is 19.1 Å². The smallest absolute Gasteiger partial charge is 0.123 e. The van der Waals surface area contributed by atoms with Crippen molar-refractivity contribution in [1.82, 2.24) is 5.32 Å². The number of rotatable bonds is 4. The highest BCUT2D eigenvalue weighted by molar-refractivity contribution is 5.26. The lowest BCUT2D eigenvalue weighted by atomic mass is 9.77. The Labute approximate surface area is 138 Å². The first kappa shape index (κ1) is 16.9. The fourth-order valence-electron chi connectivity index (χ4n) is 3.88. The summed E-state index contributed by atoms with van der Waals surface area (Å²) in [6, 6.07) is 6.84. The van der Waals surface area contributed by atoms with Gasteiger partial charge in [-0.15, -0.1) is 0 Å². The first-order chi connectivity index (χ1) is 11.0. The molecule has 1 saturated heterocycles. The normalized spacial score (nSPS) is 31.0. The highest BCUT2D eigenvalue weighted by Crippen LogP contribution is 2.36. The van der Waals surface area contributed by atoms with Crippen molar-refractivity contribution in [3.63, 3.8) is 0 Å². The fraction of sp³-hybridized carbons (Fsp3) is 0.684. The van der Waals surface area contributed by atoms with Crippen LogP contribution in [0.15, 0.2) is 24.3 Å². The average Bonchev–Trinajstić information content (AvgIpc) is 2.57. The summed E-state index contributed by atoms with van der Waals surface area (Å²) in [4.78, 5) is 0. The van der Waals surface area contributed by atoms with Crippen LogP contribution in [0.4, 0.5) is 4.39 Å². The second-order valence-electron chi connectivity index (χ2n) is 7.47. The minimum Gasteiger partial charge on any atom is -0.389 e. The largest absolute Gasteiger partial charge is 0.389 e. The Kier molecular flexibility index (Phi) is 5.04. The van der Waals surface area contributed by atoms with Gasteiger partial charge in [-0.2, -0.15) is 0 Å². The number of nitrogens with one attached hydrogen (secondary N) is 1. The quantitative estimate of drug-likeness (QED) is 0.893. The molecule has 23 heavy (non-hydrogen) atoms. The van der Waals surface area contributed by atoms with Gasteiger partial charge in [0.05, 0.1) is 5.60 Å². The van der Waals surface area contributed by atoms with Gasteiger partial charge in [0.15, 0.2) is 0 Å². The molecule has 0 unspecified atom stereocenters. The van der Waals surface area contributed by atoms with E-state index in [9.17, 15) is 9.50 Å². The summed E-state index contributed by atoms with van der Waals surface area (Å²) in [5.41, 5.74) is 0.0400. The number of halogens is 1. The summed E-state index contributed by atoms with van der Waals surface area (Å²) in [6.07, 6.45) is 5.46. The van der Waals surface area contributed by atoms with E-state index in [1.54, 1.807) is 12.1 Å². The zero-order valence-corrected chi connectivity index (χ0v) is 14.0. The summed E-state index contributed by atoms with van der Waals surface area (Å²) < 4.78 is 19.2. The lowest BCUT2D eigenvalue weighted by Gasteiger charge is -2.43. The minimum absolute atomic E-state index is 0.208. The molecule has 1 aliphatic carbocycles. The van der Waals surface area contributed by atoms with E-state index in [1.807, 2.05) is 6.07 Å². The van der Waals surface area contributed by atoms with E-state index in [4.69, 9.17) is 4.74 Å². The number of aliphatic hydroxyl groups is 1. The second kappa shape index (κ2) is 6.88. The van der Waals surface area contributed by atoms with Crippen molar-refractivity contribution >= 4 is 0 Å². The second-order valence-corrected chi connectivity index (χ2v) is 7.47. The van der Waals surface area contributed by atoms with Crippen LogP contribution in [0.1, 0.15) is 51.0 Å². The van der Waals surface area contributed by atoms with E-state index >= 15 is 0 Å². The Balaban J connectivity index is 1.75. The van der Waals surface area contributed by atoms with Crippen LogP contribution in [0.5, 0.6) is 0 Å². The number of hydrogen-bond donors (Lipinski definition) is 2. The molecule has 4 heteroatoms. The molecule has 3 rings (SSSR count). The van der Waals surface area contributed by atoms with Crippen molar-refractivity contribution in [2.45, 2.75) is 56.6 Å². The standard InChI is InChI=1S/C19H28FNO2/c1-15-5-7-18(22,8-6-15)14-21-19(9-11-23-12-10-19)16-3-2-4-17(20)13-16/h2-4,13,15,21-22H,5-12,14H2,1H3. The topological polar surface area (TPSA) is 41.5 Å². The van der Waals surface area contributed by atoms with Crippen LogP contribution in [0.3, 0.4) is 0 Å². The van der Waals surface area contributed by atoms with Gasteiger partial charge in [0, 0.05) is 25.3 Å². The Bertz CT molecular complexity index is 520. The van der Waals surface area contributed by atoms with Crippen LogP contribution < -0.4 is 5.32 Å². The van der Waals surface area contributed by atoms with E-state index in [0.717, 1.165) is 44.1 Å². The van der Waals surface area contributed by atoms with Gasteiger partial charge >= 0.3 is 0 Å². The Hall–Kier alpha value is -0.970. The molecule has 2 N–H and O–H groups in total. The fourth-order valence-corrected chi connectivity index (χ4v) is 3.88. The van der Waals surface area contributed by atoms with Gasteiger partial charge in [0.25, 0.3) is 0 Å². The molecular weight excluding hydrogens is 293 g/mol. The van der Waals surface area contributed by atoms with Crippen molar-refractivity contribution < 1.29 is 14.2 Å². The molecule has 0 spiro atoms. The van der Waals surface area contributed by atoms with Crippen molar-refractivity contribution in [1.29, 1.82) is 0 Å². The Morgan fingerprint density at radius 1 is 1.22 bits per heavy atom. The maximum absolute atomic E-state index is 13.7. The molecular formula is C19H28FNO2. The van der Waals surface area contributed by atoms with Crippen LogP contribution in [0.2, 0.25) is 0 Å². The Morgan fingerprint density at radius 2 is 1.91 bits per heavy atom. The number of ether oxygens (including phenoxy) is 1. The summed E-state index contributed by atoms with van der Waals surface area (Å²) in [6.45, 7) is 4.15. The van der Waals surface area contributed by atoms with Crippen LogP contribution in [0.25, 0.3) is 0 Å². The predicted octanol–water partition coefficient (Wildman–Crippen LogP) is 3.36. The first-order valence-electron chi connectivity index (χ1n) is 8.83. The lowest BCUT2D eigenvalue weighted by molar-refractivity contribution is -0.0255. The molecule has 0 atom stereocenters. The third kappa shape index (κ3) is 3.93. The van der Waals surface area contributed by atoms with Crippen molar-refractivity contribution in [2.75, 3.05) is 19.8 Å². The SMILES string of the molecule is CC1CCC(O)(CNC2(c3cccc(F)c3)CCOCC2)CC1.